The number of carboxylic acids is 1. The fraction of sp³-hybridized carbons (Fsp3) is 0.462. The van der Waals surface area contributed by atoms with Gasteiger partial charge in [0.05, 0.1) is 4.90 Å². The van der Waals surface area contributed by atoms with Crippen molar-refractivity contribution in [1.29, 1.82) is 0 Å². The average Bonchev–Trinajstić information content (AvgIpc) is 3.30. The smallest absolute Gasteiger partial charge is 0.326 e. The predicted molar refractivity (Wildman–Crippen MR) is 154 cm³/mol. The summed E-state index contributed by atoms with van der Waals surface area (Å²) in [5.74, 6) is -1.02. The van der Waals surface area contributed by atoms with Crippen molar-refractivity contribution in [2.24, 2.45) is 5.73 Å². The number of nitrogens with zero attached hydrogens (tertiary/aromatic N) is 2. The van der Waals surface area contributed by atoms with E-state index in [4.69, 9.17) is 33.7 Å². The molecule has 2 saturated heterocycles. The summed E-state index contributed by atoms with van der Waals surface area (Å²) >= 11 is 12.1. The first-order valence-electron chi connectivity index (χ1n) is 12.8. The van der Waals surface area contributed by atoms with E-state index in [1.165, 1.54) is 22.5 Å². The van der Waals surface area contributed by atoms with Crippen LogP contribution < -0.4 is 21.1 Å². The Morgan fingerprint density at radius 3 is 2.42 bits per heavy atom. The number of nitrogens with two attached hydrogens (primary N) is 1. The number of aliphatic carboxylic acids is 1. The highest BCUT2D eigenvalue weighted by Gasteiger charge is 2.40. The lowest BCUT2D eigenvalue weighted by atomic mass is 10.0. The molecule has 11 nitrogen and oxygen atoms in total. The molecule has 0 spiro atoms. The monoisotopic (exact) mass is 615 g/mol. The number of nitrogens with one attached hydrogen (secondary N) is 2. The molecule has 7 N–H and O–H groups in total. The van der Waals surface area contributed by atoms with Crippen molar-refractivity contribution < 1.29 is 29.1 Å². The van der Waals surface area contributed by atoms with E-state index < -0.39 is 41.0 Å². The Kier molecular flexibility index (Phi) is 12.2. The summed E-state index contributed by atoms with van der Waals surface area (Å²) < 4.78 is 20.6. The molecule has 0 saturated carbocycles. The Morgan fingerprint density at radius 2 is 1.80 bits per heavy atom. The van der Waals surface area contributed by atoms with Crippen molar-refractivity contribution in [3.63, 3.8) is 0 Å². The van der Waals surface area contributed by atoms with E-state index >= 15 is 0 Å². The lowest BCUT2D eigenvalue weighted by Gasteiger charge is -2.26. The molecule has 3 unspecified atom stereocenters. The van der Waals surface area contributed by atoms with Gasteiger partial charge in [-0.3, -0.25) is 9.69 Å². The second-order valence-corrected chi connectivity index (χ2v) is 12.0. The minimum atomic E-state index is -1.77. The van der Waals surface area contributed by atoms with Gasteiger partial charge in [-0.1, -0.05) is 35.3 Å². The van der Waals surface area contributed by atoms with E-state index in [1.54, 1.807) is 24.3 Å². The zero-order chi connectivity index (χ0) is 27.9. The summed E-state index contributed by atoms with van der Waals surface area (Å²) in [7, 11) is -1.77. The Balaban J connectivity index is 0.00000441. The second-order valence-electron chi connectivity index (χ2n) is 9.65. The highest BCUT2D eigenvalue weighted by molar-refractivity contribution is 7.82. The molecule has 0 aliphatic carbocycles. The quantitative estimate of drug-likeness (QED) is 0.286. The van der Waals surface area contributed by atoms with E-state index in [-0.39, 0.29) is 24.9 Å². The summed E-state index contributed by atoms with van der Waals surface area (Å²) in [6.45, 7) is 5.57. The third-order valence-electron chi connectivity index (χ3n) is 6.71. The van der Waals surface area contributed by atoms with Crippen LogP contribution in [0, 0.1) is 0 Å². The van der Waals surface area contributed by atoms with Crippen LogP contribution in [0.5, 0.6) is 5.75 Å². The number of hydrogen-bond donors (Lipinski definition) is 4. The van der Waals surface area contributed by atoms with E-state index in [0.29, 0.717) is 27.3 Å². The highest BCUT2D eigenvalue weighted by Crippen LogP contribution is 2.27. The van der Waals surface area contributed by atoms with Crippen LogP contribution in [-0.2, 0) is 27.0 Å². The molecule has 40 heavy (non-hydrogen) atoms. The van der Waals surface area contributed by atoms with Crippen molar-refractivity contribution in [3.05, 3.63) is 58.1 Å². The first kappa shape index (κ1) is 32.2. The molecular weight excluding hydrogens is 581 g/mol. The molecule has 2 aliphatic rings. The van der Waals surface area contributed by atoms with Crippen LogP contribution in [0.1, 0.15) is 12.0 Å². The zero-order valence-corrected chi connectivity index (χ0v) is 24.2. The Hall–Kier alpha value is -2.29. The van der Waals surface area contributed by atoms with Crippen LogP contribution >= 0.6 is 23.2 Å². The fourth-order valence-corrected chi connectivity index (χ4v) is 6.80. The van der Waals surface area contributed by atoms with Gasteiger partial charge in [0.25, 0.3) is 0 Å². The van der Waals surface area contributed by atoms with Gasteiger partial charge in [0.1, 0.15) is 35.4 Å². The number of amides is 1. The highest BCUT2D eigenvalue weighted by atomic mass is 35.5. The number of piperazine rings is 1. The molecule has 0 aromatic heterocycles. The van der Waals surface area contributed by atoms with E-state index in [2.05, 4.69) is 15.5 Å². The standard InChI is InChI=1S/C26H33Cl2N5O5S.H2O/c27-18-12-19(28)14-22(13-18)39(37)33-16-20(29)15-24(33)25(34)31-23(26(35)36)11-17-1-3-21(4-2-17)38-10-9-32-7-5-30-6-8-32;/h1-4,12-14,20,23-24,30H,5-11,15-16,29H2,(H,31,34)(H,35,36);1H2/t20?,23-,24?,39?;/m0./s1. The summed E-state index contributed by atoms with van der Waals surface area (Å²) in [5.41, 5.74) is 6.82. The van der Waals surface area contributed by atoms with E-state index in [1.807, 2.05) is 0 Å². The Labute approximate surface area is 245 Å². The number of ether oxygens (including phenoxy) is 1. The molecule has 1 amide bonds. The maximum absolute atomic E-state index is 13.3. The molecule has 2 aromatic carbocycles. The maximum Gasteiger partial charge on any atom is 0.326 e. The van der Waals surface area contributed by atoms with Crippen molar-refractivity contribution >= 4 is 46.1 Å². The topological polar surface area (TPSA) is 169 Å². The van der Waals surface area contributed by atoms with Gasteiger partial charge < -0.3 is 31.7 Å². The van der Waals surface area contributed by atoms with Gasteiger partial charge in [-0.15, -0.1) is 0 Å². The van der Waals surface area contributed by atoms with Crippen LogP contribution in [0.3, 0.4) is 0 Å². The summed E-state index contributed by atoms with van der Waals surface area (Å²) in [6, 6.07) is 9.28. The molecule has 2 aromatic rings. The van der Waals surface area contributed by atoms with Gasteiger partial charge in [-0.2, -0.15) is 0 Å². The van der Waals surface area contributed by atoms with Crippen LogP contribution in [0.2, 0.25) is 10.0 Å². The molecule has 4 rings (SSSR count). The van der Waals surface area contributed by atoms with Crippen LogP contribution in [-0.4, -0.2) is 99.9 Å². The SMILES string of the molecule is NC1CC(C(=O)N[C@@H](Cc2ccc(OCCN3CCNCC3)cc2)C(=O)O)N(S(=O)c2cc(Cl)cc(Cl)c2)C1.O. The summed E-state index contributed by atoms with van der Waals surface area (Å²) in [6.07, 6.45) is 0.312. The first-order valence-corrected chi connectivity index (χ1v) is 14.6. The molecule has 220 valence electrons. The fourth-order valence-electron chi connectivity index (χ4n) is 4.68. The lowest BCUT2D eigenvalue weighted by molar-refractivity contribution is -0.142. The molecule has 4 atom stereocenters. The normalized spacial score (nSPS) is 21.3. The van der Waals surface area contributed by atoms with Crippen LogP contribution in [0.4, 0.5) is 0 Å². The molecule has 2 fully saturated rings. The van der Waals surface area contributed by atoms with Gasteiger partial charge >= 0.3 is 5.97 Å². The Bertz CT molecular complexity index is 1160. The van der Waals surface area contributed by atoms with Gasteiger partial charge in [-0.25, -0.2) is 13.3 Å². The minimum Gasteiger partial charge on any atom is -0.492 e. The molecule has 14 heteroatoms. The third-order valence-corrected chi connectivity index (χ3v) is 8.61. The molecule has 0 bridgehead atoms. The van der Waals surface area contributed by atoms with Crippen LogP contribution in [0.15, 0.2) is 47.4 Å². The van der Waals surface area contributed by atoms with Crippen molar-refractivity contribution in [1.82, 2.24) is 19.8 Å². The summed E-state index contributed by atoms with van der Waals surface area (Å²) in [4.78, 5) is 27.9. The number of carboxylic acid groups (broad SMARTS) is 1. The van der Waals surface area contributed by atoms with Gasteiger partial charge in [-0.05, 0) is 42.3 Å². The van der Waals surface area contributed by atoms with Gasteiger partial charge in [0.2, 0.25) is 5.91 Å². The average molecular weight is 617 g/mol. The minimum absolute atomic E-state index is 0. The van der Waals surface area contributed by atoms with E-state index in [0.717, 1.165) is 38.3 Å². The molecule has 2 aliphatic heterocycles. The second kappa shape index (κ2) is 15.1. The maximum atomic E-state index is 13.3. The number of rotatable bonds is 11. The zero-order valence-electron chi connectivity index (χ0n) is 21.9. The number of benzene rings is 2. The number of halogens is 2. The Morgan fingerprint density at radius 1 is 1.15 bits per heavy atom. The van der Waals surface area contributed by atoms with E-state index in [9.17, 15) is 18.9 Å². The number of carbonyl (C=O) groups is 2. The lowest BCUT2D eigenvalue weighted by Crippen LogP contribution is -2.50. The van der Waals surface area contributed by atoms with Crippen molar-refractivity contribution in [2.45, 2.75) is 35.9 Å². The van der Waals surface area contributed by atoms with Crippen molar-refractivity contribution in [3.8, 4) is 5.75 Å². The molecule has 2 heterocycles. The summed E-state index contributed by atoms with van der Waals surface area (Å²) in [5, 5.41) is 16.4. The predicted octanol–water partition coefficient (Wildman–Crippen LogP) is 0.689. The van der Waals surface area contributed by atoms with Crippen molar-refractivity contribution in [2.75, 3.05) is 45.9 Å². The number of hydrogen-bond acceptors (Lipinski definition) is 7. The van der Waals surface area contributed by atoms with Gasteiger partial charge in [0, 0.05) is 61.8 Å². The molecule has 0 radical (unpaired) electrons. The third kappa shape index (κ3) is 8.85. The first-order chi connectivity index (χ1) is 18.7. The largest absolute Gasteiger partial charge is 0.492 e. The van der Waals surface area contributed by atoms with Gasteiger partial charge in [0.15, 0.2) is 0 Å². The van der Waals surface area contributed by atoms with Crippen LogP contribution in [0.25, 0.3) is 0 Å². The molecular formula is C26H35Cl2N5O6S. The number of carbonyl (C=O) groups excluding carboxylic acids is 1.